The maximum absolute atomic E-state index is 11.7. The van der Waals surface area contributed by atoms with Crippen molar-refractivity contribution >= 4 is 5.91 Å². The van der Waals surface area contributed by atoms with Crippen LogP contribution >= 0.6 is 0 Å². The summed E-state index contributed by atoms with van der Waals surface area (Å²) in [7, 11) is 1.63. The van der Waals surface area contributed by atoms with E-state index in [1.165, 1.54) is 0 Å². The highest BCUT2D eigenvalue weighted by Gasteiger charge is 2.18. The number of nitrogens with zero attached hydrogens (tertiary/aromatic N) is 1. The molecule has 0 spiro atoms. The van der Waals surface area contributed by atoms with E-state index in [9.17, 15) is 4.79 Å². The number of likely N-dealkylation sites (N-methyl/N-ethyl adjacent to an activating group) is 1. The van der Waals surface area contributed by atoms with Crippen LogP contribution in [0.5, 0.6) is 5.75 Å². The molecule has 0 saturated heterocycles. The molecule has 0 fully saturated rings. The highest BCUT2D eigenvalue weighted by atomic mass is 16.5. The molecule has 3 N–H and O–H groups in total. The van der Waals surface area contributed by atoms with Crippen molar-refractivity contribution in [2.75, 3.05) is 33.3 Å². The Bertz CT molecular complexity index is 459. The molecule has 5 heteroatoms. The van der Waals surface area contributed by atoms with Crippen molar-refractivity contribution in [1.29, 1.82) is 0 Å². The van der Waals surface area contributed by atoms with E-state index >= 15 is 0 Å². The van der Waals surface area contributed by atoms with Crippen molar-refractivity contribution in [1.82, 2.24) is 10.2 Å². The highest BCUT2D eigenvalue weighted by molar-refractivity contribution is 5.81. The van der Waals surface area contributed by atoms with Gasteiger partial charge in [-0.3, -0.25) is 4.79 Å². The van der Waals surface area contributed by atoms with Crippen LogP contribution in [0.2, 0.25) is 0 Å². The van der Waals surface area contributed by atoms with Gasteiger partial charge in [0.05, 0.1) is 7.11 Å². The Morgan fingerprint density at radius 1 is 1.38 bits per heavy atom. The highest BCUT2D eigenvalue weighted by Crippen LogP contribution is 2.22. The maximum atomic E-state index is 11.7. The number of hydrogen-bond donors (Lipinski definition) is 2. The van der Waals surface area contributed by atoms with Crippen LogP contribution < -0.4 is 15.8 Å². The molecule has 0 heterocycles. The number of nitrogens with two attached hydrogens (primary N) is 1. The molecule has 0 aromatic heterocycles. The van der Waals surface area contributed by atoms with Crippen molar-refractivity contribution in [3.63, 3.8) is 0 Å². The van der Waals surface area contributed by atoms with Gasteiger partial charge in [-0.2, -0.15) is 0 Å². The third-order valence-electron chi connectivity index (χ3n) is 3.71. The Balaban J connectivity index is 2.73. The number of hydrogen-bond acceptors (Lipinski definition) is 4. The third kappa shape index (κ3) is 5.02. The molecule has 0 bridgehead atoms. The minimum atomic E-state index is -0.467. The van der Waals surface area contributed by atoms with E-state index in [-0.39, 0.29) is 5.91 Å². The monoisotopic (exact) mass is 293 g/mol. The van der Waals surface area contributed by atoms with Gasteiger partial charge in [0.15, 0.2) is 0 Å². The molecule has 1 unspecified atom stereocenters. The average molecular weight is 293 g/mol. The lowest BCUT2D eigenvalue weighted by molar-refractivity contribution is -0.120. The van der Waals surface area contributed by atoms with E-state index in [1.54, 1.807) is 7.11 Å². The fraction of sp³-hybridized carbons (Fsp3) is 0.562. The standard InChI is InChI=1S/C16H27N3O2/c1-5-19(6-2)10-9-18-15(16(17)20)13-7-8-14(21-4)12(3)11-13/h7-8,11,15,18H,5-6,9-10H2,1-4H3,(H2,17,20). The number of aryl methyl sites for hydroxylation is 1. The molecule has 0 aliphatic carbocycles. The molecule has 1 aromatic rings. The van der Waals surface area contributed by atoms with Gasteiger partial charge in [0.1, 0.15) is 11.8 Å². The summed E-state index contributed by atoms with van der Waals surface area (Å²) in [5.41, 5.74) is 7.39. The first-order chi connectivity index (χ1) is 10.0. The van der Waals surface area contributed by atoms with Crippen molar-refractivity contribution in [3.05, 3.63) is 29.3 Å². The van der Waals surface area contributed by atoms with E-state index in [0.29, 0.717) is 0 Å². The lowest BCUT2D eigenvalue weighted by Crippen LogP contribution is -2.38. The first kappa shape index (κ1) is 17.5. The molecule has 0 aliphatic heterocycles. The number of nitrogens with one attached hydrogen (secondary N) is 1. The summed E-state index contributed by atoms with van der Waals surface area (Å²) in [6, 6.07) is 5.22. The van der Waals surface area contributed by atoms with Gasteiger partial charge in [-0.05, 0) is 37.2 Å². The summed E-state index contributed by atoms with van der Waals surface area (Å²) >= 11 is 0. The van der Waals surface area contributed by atoms with Gasteiger partial charge in [0.2, 0.25) is 5.91 Å². The molecule has 5 nitrogen and oxygen atoms in total. The van der Waals surface area contributed by atoms with Crippen LogP contribution in [0.4, 0.5) is 0 Å². The quantitative estimate of drug-likeness (QED) is 0.723. The average Bonchev–Trinajstić information content (AvgIpc) is 2.47. The van der Waals surface area contributed by atoms with Crippen LogP contribution in [0.25, 0.3) is 0 Å². The van der Waals surface area contributed by atoms with Gasteiger partial charge in [0, 0.05) is 13.1 Å². The molecule has 1 aromatic carbocycles. The van der Waals surface area contributed by atoms with Gasteiger partial charge in [-0.25, -0.2) is 0 Å². The molecule has 21 heavy (non-hydrogen) atoms. The Morgan fingerprint density at radius 3 is 2.52 bits per heavy atom. The Hall–Kier alpha value is -1.59. The van der Waals surface area contributed by atoms with Gasteiger partial charge in [-0.1, -0.05) is 26.0 Å². The van der Waals surface area contributed by atoms with Gasteiger partial charge in [-0.15, -0.1) is 0 Å². The van der Waals surface area contributed by atoms with Crippen molar-refractivity contribution in [2.45, 2.75) is 26.8 Å². The normalized spacial score (nSPS) is 12.4. The second kappa shape index (κ2) is 8.64. The van der Waals surface area contributed by atoms with E-state index in [0.717, 1.165) is 43.1 Å². The molecule has 1 rings (SSSR count). The fourth-order valence-electron chi connectivity index (χ4n) is 2.37. The number of ether oxygens (including phenoxy) is 1. The summed E-state index contributed by atoms with van der Waals surface area (Å²) in [5.74, 6) is 0.448. The number of primary amides is 1. The van der Waals surface area contributed by atoms with Crippen molar-refractivity contribution in [3.8, 4) is 5.75 Å². The van der Waals surface area contributed by atoms with Gasteiger partial charge < -0.3 is 20.7 Å². The lowest BCUT2D eigenvalue weighted by Gasteiger charge is -2.21. The van der Waals surface area contributed by atoms with Crippen LogP contribution in [0.3, 0.4) is 0 Å². The number of carbonyl (C=O) groups is 1. The third-order valence-corrected chi connectivity index (χ3v) is 3.71. The molecular weight excluding hydrogens is 266 g/mol. The number of methoxy groups -OCH3 is 1. The van der Waals surface area contributed by atoms with Crippen LogP contribution in [0, 0.1) is 6.92 Å². The van der Waals surface area contributed by atoms with Crippen LogP contribution in [-0.2, 0) is 4.79 Å². The molecule has 1 amide bonds. The van der Waals surface area contributed by atoms with E-state index in [1.807, 2.05) is 25.1 Å². The van der Waals surface area contributed by atoms with Crippen molar-refractivity contribution in [2.24, 2.45) is 5.73 Å². The largest absolute Gasteiger partial charge is 0.496 e. The number of benzene rings is 1. The molecule has 0 radical (unpaired) electrons. The molecule has 118 valence electrons. The summed E-state index contributed by atoms with van der Waals surface area (Å²) in [6.07, 6.45) is 0. The minimum Gasteiger partial charge on any atom is -0.496 e. The predicted molar refractivity (Wildman–Crippen MR) is 85.5 cm³/mol. The van der Waals surface area contributed by atoms with E-state index < -0.39 is 6.04 Å². The zero-order valence-corrected chi connectivity index (χ0v) is 13.5. The molecular formula is C16H27N3O2. The lowest BCUT2D eigenvalue weighted by atomic mass is 10.0. The summed E-state index contributed by atoms with van der Waals surface area (Å²) < 4.78 is 5.24. The predicted octanol–water partition coefficient (Wildman–Crippen LogP) is 1.46. The molecule has 0 saturated carbocycles. The minimum absolute atomic E-state index is 0.362. The Morgan fingerprint density at radius 2 is 2.05 bits per heavy atom. The zero-order chi connectivity index (χ0) is 15.8. The number of amides is 1. The molecule has 0 aliphatic rings. The van der Waals surface area contributed by atoms with E-state index in [2.05, 4.69) is 24.1 Å². The van der Waals surface area contributed by atoms with Crippen LogP contribution in [0.1, 0.15) is 31.0 Å². The van der Waals surface area contributed by atoms with Gasteiger partial charge in [0.25, 0.3) is 0 Å². The Labute approximate surface area is 127 Å². The fourth-order valence-corrected chi connectivity index (χ4v) is 2.37. The molecule has 1 atom stereocenters. The smallest absolute Gasteiger partial charge is 0.239 e. The van der Waals surface area contributed by atoms with Crippen LogP contribution in [-0.4, -0.2) is 44.1 Å². The second-order valence-electron chi connectivity index (χ2n) is 5.05. The van der Waals surface area contributed by atoms with E-state index in [4.69, 9.17) is 10.5 Å². The number of carbonyl (C=O) groups excluding carboxylic acids is 1. The maximum Gasteiger partial charge on any atom is 0.239 e. The summed E-state index contributed by atoms with van der Waals surface area (Å²) in [6.45, 7) is 9.83. The van der Waals surface area contributed by atoms with Crippen molar-refractivity contribution < 1.29 is 9.53 Å². The zero-order valence-electron chi connectivity index (χ0n) is 13.5. The Kier molecular flexibility index (Phi) is 7.19. The second-order valence-corrected chi connectivity index (χ2v) is 5.05. The topological polar surface area (TPSA) is 67.6 Å². The summed E-state index contributed by atoms with van der Waals surface area (Å²) in [5, 5.41) is 3.24. The number of rotatable bonds is 9. The summed E-state index contributed by atoms with van der Waals surface area (Å²) in [4.78, 5) is 14.0. The first-order valence-corrected chi connectivity index (χ1v) is 7.43. The first-order valence-electron chi connectivity index (χ1n) is 7.43. The SMILES string of the molecule is CCN(CC)CCNC(C(N)=O)c1ccc(OC)c(C)c1. The van der Waals surface area contributed by atoms with Crippen LogP contribution in [0.15, 0.2) is 18.2 Å². The van der Waals surface area contributed by atoms with Gasteiger partial charge >= 0.3 is 0 Å².